The highest BCUT2D eigenvalue weighted by Crippen LogP contribution is 2.28. The van der Waals surface area contributed by atoms with Crippen LogP contribution in [0.2, 0.25) is 0 Å². The minimum Gasteiger partial charge on any atom is -0.406 e. The van der Waals surface area contributed by atoms with Crippen LogP contribution in [0.4, 0.5) is 18.9 Å². The second-order valence-electron chi connectivity index (χ2n) is 9.08. The molecule has 4 heterocycles. The summed E-state index contributed by atoms with van der Waals surface area (Å²) < 4.78 is 48.2. The smallest absolute Gasteiger partial charge is 0.406 e. The van der Waals surface area contributed by atoms with Crippen molar-refractivity contribution in [1.29, 1.82) is 0 Å². The summed E-state index contributed by atoms with van der Waals surface area (Å²) in [6.45, 7) is 2.33. The second kappa shape index (κ2) is 10.1. The standard InChI is InChI=1S/C24H26F3N5O5/c25-24(26,27)37-18-3-1-15(2-4-18)22(34)30-7-5-16(6-8-30)32-20-11-17(12-28-21(20)29-23(32)35)31-9-10-36-19(13-31)14-33/h1-4,11-12,16,19,33H,5-10,13-14H2,(H,28,29,35)/t19-/m1/s1. The Labute approximate surface area is 209 Å². The molecule has 198 valence electrons. The number of ether oxygens (including phenoxy) is 2. The Kier molecular flexibility index (Phi) is 6.82. The number of amides is 1. The molecule has 2 aliphatic rings. The SMILES string of the molecule is O=C(c1ccc(OC(F)(F)F)cc1)N1CCC(n2c(=O)[nH]c3ncc(N4CCO[C@@H](CO)C4)cc32)CC1. The topological polar surface area (TPSA) is 113 Å². The summed E-state index contributed by atoms with van der Waals surface area (Å²) in [6, 6.07) is 6.59. The third-order valence-electron chi connectivity index (χ3n) is 6.72. The molecule has 13 heteroatoms. The van der Waals surface area contributed by atoms with Gasteiger partial charge in [-0.25, -0.2) is 9.78 Å². The number of aliphatic hydroxyl groups excluding tert-OH is 1. The molecule has 1 aromatic carbocycles. The monoisotopic (exact) mass is 521 g/mol. The predicted octanol–water partition coefficient (Wildman–Crippen LogP) is 2.30. The van der Waals surface area contributed by atoms with Crippen molar-refractivity contribution in [2.45, 2.75) is 31.3 Å². The Morgan fingerprint density at radius 1 is 1.19 bits per heavy atom. The predicted molar refractivity (Wildman–Crippen MR) is 127 cm³/mol. The van der Waals surface area contributed by atoms with Crippen LogP contribution in [0.3, 0.4) is 0 Å². The summed E-state index contributed by atoms with van der Waals surface area (Å²) in [5.74, 6) is -0.684. The lowest BCUT2D eigenvalue weighted by Crippen LogP contribution is -2.44. The van der Waals surface area contributed by atoms with Crippen molar-refractivity contribution >= 4 is 22.8 Å². The van der Waals surface area contributed by atoms with Crippen LogP contribution in [0.25, 0.3) is 11.2 Å². The number of morpholine rings is 1. The number of hydrogen-bond donors (Lipinski definition) is 2. The number of piperidine rings is 1. The van der Waals surface area contributed by atoms with E-state index in [1.807, 2.05) is 6.07 Å². The number of pyridine rings is 1. The number of aromatic amines is 1. The fourth-order valence-corrected chi connectivity index (χ4v) is 4.90. The number of halogens is 3. The van der Waals surface area contributed by atoms with E-state index in [9.17, 15) is 27.9 Å². The van der Waals surface area contributed by atoms with Crippen molar-refractivity contribution in [2.75, 3.05) is 44.3 Å². The zero-order valence-corrected chi connectivity index (χ0v) is 19.8. The number of benzene rings is 1. The van der Waals surface area contributed by atoms with E-state index in [2.05, 4.69) is 19.6 Å². The first-order valence-corrected chi connectivity index (χ1v) is 11.9. The normalized spacial score (nSPS) is 19.4. The highest BCUT2D eigenvalue weighted by molar-refractivity contribution is 5.94. The van der Waals surface area contributed by atoms with Crippen LogP contribution in [0.15, 0.2) is 41.3 Å². The maximum atomic E-state index is 12.9. The molecular weight excluding hydrogens is 495 g/mol. The molecule has 2 aromatic heterocycles. The van der Waals surface area contributed by atoms with E-state index >= 15 is 0 Å². The molecule has 2 N–H and O–H groups in total. The maximum absolute atomic E-state index is 12.9. The molecule has 0 unspecified atom stereocenters. The summed E-state index contributed by atoms with van der Waals surface area (Å²) in [7, 11) is 0. The van der Waals surface area contributed by atoms with Gasteiger partial charge in [0.25, 0.3) is 5.91 Å². The number of carbonyl (C=O) groups is 1. The number of hydrogen-bond acceptors (Lipinski definition) is 7. The Balaban J connectivity index is 1.28. The lowest BCUT2D eigenvalue weighted by Gasteiger charge is -2.34. The van der Waals surface area contributed by atoms with Crippen LogP contribution in [-0.2, 0) is 4.74 Å². The first kappa shape index (κ1) is 25.1. The third-order valence-corrected chi connectivity index (χ3v) is 6.72. The van der Waals surface area contributed by atoms with Crippen molar-refractivity contribution < 1.29 is 32.5 Å². The number of alkyl halides is 3. The van der Waals surface area contributed by atoms with Gasteiger partial charge in [-0.1, -0.05) is 0 Å². The van der Waals surface area contributed by atoms with E-state index in [0.29, 0.717) is 56.8 Å². The molecule has 2 saturated heterocycles. The van der Waals surface area contributed by atoms with E-state index in [1.165, 1.54) is 12.1 Å². The van der Waals surface area contributed by atoms with E-state index in [4.69, 9.17) is 4.74 Å². The van der Waals surface area contributed by atoms with Gasteiger partial charge >= 0.3 is 12.1 Å². The number of imidazole rings is 1. The average molecular weight is 521 g/mol. The molecule has 10 nitrogen and oxygen atoms in total. The largest absolute Gasteiger partial charge is 0.573 e. The van der Waals surface area contributed by atoms with Crippen molar-refractivity contribution in [3.05, 3.63) is 52.6 Å². The lowest BCUT2D eigenvalue weighted by molar-refractivity contribution is -0.274. The van der Waals surface area contributed by atoms with Gasteiger partial charge in [-0.15, -0.1) is 13.2 Å². The van der Waals surface area contributed by atoms with Crippen LogP contribution < -0.4 is 15.3 Å². The maximum Gasteiger partial charge on any atom is 0.573 e. The van der Waals surface area contributed by atoms with Crippen LogP contribution >= 0.6 is 0 Å². The fraction of sp³-hybridized carbons (Fsp3) is 0.458. The fourth-order valence-electron chi connectivity index (χ4n) is 4.90. The highest BCUT2D eigenvalue weighted by Gasteiger charge is 2.31. The van der Waals surface area contributed by atoms with Crippen LogP contribution in [0.5, 0.6) is 5.75 Å². The van der Waals surface area contributed by atoms with Crippen LogP contribution in [0.1, 0.15) is 29.2 Å². The van der Waals surface area contributed by atoms with Gasteiger partial charge in [-0.05, 0) is 43.2 Å². The number of likely N-dealkylation sites (tertiary alicyclic amines) is 1. The van der Waals surface area contributed by atoms with Crippen molar-refractivity contribution in [1.82, 2.24) is 19.4 Å². The second-order valence-corrected chi connectivity index (χ2v) is 9.08. The molecule has 5 rings (SSSR count). The van der Waals surface area contributed by atoms with Gasteiger partial charge in [0.2, 0.25) is 0 Å². The lowest BCUT2D eigenvalue weighted by atomic mass is 10.0. The zero-order chi connectivity index (χ0) is 26.2. The number of nitrogens with zero attached hydrogens (tertiary/aromatic N) is 4. The Morgan fingerprint density at radius 3 is 2.59 bits per heavy atom. The molecule has 3 aromatic rings. The molecule has 2 aliphatic heterocycles. The molecular formula is C24H26F3N5O5. The minimum atomic E-state index is -4.80. The summed E-state index contributed by atoms with van der Waals surface area (Å²) >= 11 is 0. The summed E-state index contributed by atoms with van der Waals surface area (Å²) in [4.78, 5) is 36.6. The van der Waals surface area contributed by atoms with Crippen molar-refractivity contribution in [3.8, 4) is 5.75 Å². The molecule has 0 aliphatic carbocycles. The number of rotatable bonds is 5. The Bertz CT molecular complexity index is 1320. The highest BCUT2D eigenvalue weighted by atomic mass is 19.4. The van der Waals surface area contributed by atoms with E-state index in [0.717, 1.165) is 17.8 Å². The molecule has 2 fully saturated rings. The van der Waals surface area contributed by atoms with Gasteiger partial charge in [0.05, 0.1) is 36.7 Å². The first-order valence-electron chi connectivity index (χ1n) is 11.9. The third kappa shape index (κ3) is 5.42. The molecule has 0 saturated carbocycles. The van der Waals surface area contributed by atoms with Gasteiger partial charge in [-0.3, -0.25) is 14.3 Å². The van der Waals surface area contributed by atoms with E-state index in [1.54, 1.807) is 15.7 Å². The van der Waals surface area contributed by atoms with Gasteiger partial charge in [-0.2, -0.15) is 0 Å². The van der Waals surface area contributed by atoms with Crippen LogP contribution in [0, 0.1) is 0 Å². The molecule has 1 amide bonds. The summed E-state index contributed by atoms with van der Waals surface area (Å²) in [5, 5.41) is 9.44. The molecule has 0 radical (unpaired) electrons. The summed E-state index contributed by atoms with van der Waals surface area (Å²) in [5.41, 5.74) is 1.95. The number of nitrogens with one attached hydrogen (secondary N) is 1. The van der Waals surface area contributed by atoms with E-state index < -0.39 is 12.1 Å². The number of aromatic nitrogens is 3. The number of H-pyrrole nitrogens is 1. The van der Waals surface area contributed by atoms with Gasteiger partial charge in [0.15, 0.2) is 5.65 Å². The van der Waals surface area contributed by atoms with Crippen molar-refractivity contribution in [3.63, 3.8) is 0 Å². The molecule has 1 atom stereocenters. The zero-order valence-electron chi connectivity index (χ0n) is 19.8. The minimum absolute atomic E-state index is 0.0796. The molecule has 37 heavy (non-hydrogen) atoms. The Morgan fingerprint density at radius 2 is 1.92 bits per heavy atom. The number of fused-ring (bicyclic) bond motifs is 1. The molecule has 0 spiro atoms. The van der Waals surface area contributed by atoms with Gasteiger partial charge in [0, 0.05) is 37.8 Å². The van der Waals surface area contributed by atoms with Crippen LogP contribution in [-0.4, -0.2) is 82.3 Å². The number of carbonyl (C=O) groups excluding carboxylic acids is 1. The quantitative estimate of drug-likeness (QED) is 0.530. The number of anilines is 1. The number of aliphatic hydroxyl groups is 1. The Hall–Kier alpha value is -3.58. The average Bonchev–Trinajstić information content (AvgIpc) is 3.22. The van der Waals surface area contributed by atoms with Gasteiger partial charge in [0.1, 0.15) is 5.75 Å². The summed E-state index contributed by atoms with van der Waals surface area (Å²) in [6.07, 6.45) is -2.33. The van der Waals surface area contributed by atoms with Crippen molar-refractivity contribution in [2.24, 2.45) is 0 Å². The molecule has 0 bridgehead atoms. The first-order chi connectivity index (χ1) is 17.7. The van der Waals surface area contributed by atoms with E-state index in [-0.39, 0.29) is 35.9 Å². The van der Waals surface area contributed by atoms with Gasteiger partial charge < -0.3 is 24.4 Å².